The van der Waals surface area contributed by atoms with E-state index in [1.54, 1.807) is 0 Å². The van der Waals surface area contributed by atoms with Gasteiger partial charge < -0.3 is 4.90 Å². The van der Waals surface area contributed by atoms with E-state index in [9.17, 15) is 0 Å². The average molecular weight is 277 g/mol. The van der Waals surface area contributed by atoms with Crippen molar-refractivity contribution in [2.45, 2.75) is 52.0 Å². The summed E-state index contributed by atoms with van der Waals surface area (Å²) >= 11 is 6.22. The maximum atomic E-state index is 9.13. The van der Waals surface area contributed by atoms with Gasteiger partial charge in [-0.1, -0.05) is 25.4 Å². The lowest BCUT2D eigenvalue weighted by atomic mass is 9.79. The smallest absolute Gasteiger partial charge is 0.101 e. The molecule has 1 aliphatic rings. The normalized spacial score (nSPS) is 20.8. The maximum Gasteiger partial charge on any atom is 0.101 e. The SMILES string of the molecule is CCCN1c2cc(Cl)c(C#N)cc2[C@@H](C)CC1(C)C. The summed E-state index contributed by atoms with van der Waals surface area (Å²) in [4.78, 5) is 2.44. The molecule has 0 spiro atoms. The summed E-state index contributed by atoms with van der Waals surface area (Å²) in [7, 11) is 0. The van der Waals surface area contributed by atoms with Gasteiger partial charge in [0.2, 0.25) is 0 Å². The number of rotatable bonds is 2. The molecule has 0 aliphatic carbocycles. The van der Waals surface area contributed by atoms with Crippen LogP contribution < -0.4 is 4.90 Å². The number of fused-ring (bicyclic) bond motifs is 1. The summed E-state index contributed by atoms with van der Waals surface area (Å²) in [6.07, 6.45) is 2.21. The predicted molar refractivity (Wildman–Crippen MR) is 80.9 cm³/mol. The minimum Gasteiger partial charge on any atom is -0.366 e. The molecule has 2 rings (SSSR count). The number of hydrogen-bond donors (Lipinski definition) is 0. The highest BCUT2D eigenvalue weighted by molar-refractivity contribution is 6.32. The van der Waals surface area contributed by atoms with Crippen LogP contribution in [0.3, 0.4) is 0 Å². The molecule has 1 heterocycles. The third-order valence-electron chi connectivity index (χ3n) is 4.04. The van der Waals surface area contributed by atoms with Gasteiger partial charge in [-0.15, -0.1) is 0 Å². The van der Waals surface area contributed by atoms with Crippen molar-refractivity contribution >= 4 is 17.3 Å². The van der Waals surface area contributed by atoms with Gasteiger partial charge in [-0.3, -0.25) is 0 Å². The molecule has 19 heavy (non-hydrogen) atoms. The summed E-state index contributed by atoms with van der Waals surface area (Å²) < 4.78 is 0. The van der Waals surface area contributed by atoms with Crippen molar-refractivity contribution < 1.29 is 0 Å². The Balaban J connectivity index is 2.59. The Bertz CT molecular complexity index is 528. The van der Waals surface area contributed by atoms with E-state index in [4.69, 9.17) is 16.9 Å². The van der Waals surface area contributed by atoms with Crippen LogP contribution in [-0.2, 0) is 0 Å². The first-order valence-electron chi connectivity index (χ1n) is 6.92. The summed E-state index contributed by atoms with van der Waals surface area (Å²) in [5.41, 5.74) is 3.19. The molecule has 0 bridgehead atoms. The van der Waals surface area contributed by atoms with Gasteiger partial charge in [0.05, 0.1) is 10.6 Å². The van der Waals surface area contributed by atoms with Gasteiger partial charge >= 0.3 is 0 Å². The topological polar surface area (TPSA) is 27.0 Å². The van der Waals surface area contributed by atoms with E-state index >= 15 is 0 Å². The first kappa shape index (κ1) is 14.2. The van der Waals surface area contributed by atoms with Crippen LogP contribution in [-0.4, -0.2) is 12.1 Å². The van der Waals surface area contributed by atoms with E-state index in [0.29, 0.717) is 16.5 Å². The maximum absolute atomic E-state index is 9.13. The molecule has 1 atom stereocenters. The molecule has 1 aromatic rings. The van der Waals surface area contributed by atoms with Crippen molar-refractivity contribution in [1.82, 2.24) is 0 Å². The van der Waals surface area contributed by atoms with Crippen LogP contribution in [0.2, 0.25) is 5.02 Å². The van der Waals surface area contributed by atoms with Gasteiger partial charge in [0.15, 0.2) is 0 Å². The van der Waals surface area contributed by atoms with E-state index in [1.165, 1.54) is 11.3 Å². The van der Waals surface area contributed by atoms with Crippen LogP contribution in [0.1, 0.15) is 57.6 Å². The Morgan fingerprint density at radius 3 is 2.74 bits per heavy atom. The van der Waals surface area contributed by atoms with Crippen molar-refractivity contribution in [1.29, 1.82) is 5.26 Å². The third-order valence-corrected chi connectivity index (χ3v) is 4.35. The van der Waals surface area contributed by atoms with Gasteiger partial charge in [-0.2, -0.15) is 5.26 Å². The molecule has 0 saturated heterocycles. The minimum atomic E-state index is 0.139. The van der Waals surface area contributed by atoms with Crippen LogP contribution >= 0.6 is 11.6 Å². The Kier molecular flexibility index (Phi) is 3.78. The van der Waals surface area contributed by atoms with Gasteiger partial charge in [0, 0.05) is 17.8 Å². The first-order chi connectivity index (χ1) is 8.90. The van der Waals surface area contributed by atoms with Crippen LogP contribution in [0.15, 0.2) is 12.1 Å². The minimum absolute atomic E-state index is 0.139. The van der Waals surface area contributed by atoms with Crippen molar-refractivity contribution in [3.8, 4) is 6.07 Å². The summed E-state index contributed by atoms with van der Waals surface area (Å²) in [5, 5.41) is 9.69. The fourth-order valence-electron chi connectivity index (χ4n) is 3.24. The van der Waals surface area contributed by atoms with E-state index in [2.05, 4.69) is 38.7 Å². The van der Waals surface area contributed by atoms with Gasteiger partial charge in [0.1, 0.15) is 6.07 Å². The lowest BCUT2D eigenvalue weighted by molar-refractivity contribution is 0.376. The molecule has 2 nitrogen and oxygen atoms in total. The Morgan fingerprint density at radius 1 is 1.47 bits per heavy atom. The average Bonchev–Trinajstić information content (AvgIpc) is 2.33. The molecule has 102 valence electrons. The van der Waals surface area contributed by atoms with Crippen molar-refractivity contribution in [3.05, 3.63) is 28.3 Å². The van der Waals surface area contributed by atoms with Crippen LogP contribution in [0.5, 0.6) is 0 Å². The molecular formula is C16H21ClN2. The molecule has 0 unspecified atom stereocenters. The molecular weight excluding hydrogens is 256 g/mol. The monoisotopic (exact) mass is 276 g/mol. The van der Waals surface area contributed by atoms with E-state index in [-0.39, 0.29) is 5.54 Å². The number of nitrogens with zero attached hydrogens (tertiary/aromatic N) is 2. The number of anilines is 1. The summed E-state index contributed by atoms with van der Waals surface area (Å²) in [6.45, 7) is 10.0. The highest BCUT2D eigenvalue weighted by Gasteiger charge is 2.36. The van der Waals surface area contributed by atoms with Gasteiger partial charge in [-0.05, 0) is 50.3 Å². The molecule has 0 saturated carbocycles. The lowest BCUT2D eigenvalue weighted by Crippen LogP contribution is -2.48. The van der Waals surface area contributed by atoms with Crippen LogP contribution in [0.4, 0.5) is 5.69 Å². The Morgan fingerprint density at radius 2 is 2.16 bits per heavy atom. The second-order valence-corrected chi connectivity index (χ2v) is 6.48. The zero-order valence-corrected chi connectivity index (χ0v) is 12.9. The fraction of sp³-hybridized carbons (Fsp3) is 0.562. The standard InChI is InChI=1S/C16H21ClN2/c1-5-6-19-15-8-14(17)12(10-18)7-13(15)11(2)9-16(19,3)4/h7-8,11H,5-6,9H2,1-4H3/t11-/m0/s1. The summed E-state index contributed by atoms with van der Waals surface area (Å²) in [5.74, 6) is 0.461. The molecule has 1 aliphatic heterocycles. The highest BCUT2D eigenvalue weighted by atomic mass is 35.5. The second-order valence-electron chi connectivity index (χ2n) is 6.07. The van der Waals surface area contributed by atoms with E-state index in [1.807, 2.05) is 12.1 Å². The first-order valence-corrected chi connectivity index (χ1v) is 7.29. The zero-order chi connectivity index (χ0) is 14.2. The van der Waals surface area contributed by atoms with E-state index < -0.39 is 0 Å². The molecule has 3 heteroatoms. The quantitative estimate of drug-likeness (QED) is 0.782. The van der Waals surface area contributed by atoms with Crippen molar-refractivity contribution in [3.63, 3.8) is 0 Å². The Labute approximate surface area is 121 Å². The molecule has 0 amide bonds. The molecule has 0 radical (unpaired) electrons. The number of benzene rings is 1. The molecule has 0 fully saturated rings. The fourth-order valence-corrected chi connectivity index (χ4v) is 3.44. The predicted octanol–water partition coefficient (Wildman–Crippen LogP) is 4.71. The van der Waals surface area contributed by atoms with Crippen LogP contribution in [0, 0.1) is 11.3 Å². The number of halogens is 1. The van der Waals surface area contributed by atoms with Crippen molar-refractivity contribution in [2.75, 3.05) is 11.4 Å². The summed E-state index contributed by atoms with van der Waals surface area (Å²) in [6, 6.07) is 6.13. The number of hydrogen-bond acceptors (Lipinski definition) is 2. The Hall–Kier alpha value is -1.20. The zero-order valence-electron chi connectivity index (χ0n) is 12.1. The van der Waals surface area contributed by atoms with Crippen molar-refractivity contribution in [2.24, 2.45) is 0 Å². The van der Waals surface area contributed by atoms with E-state index in [0.717, 1.165) is 19.4 Å². The lowest BCUT2D eigenvalue weighted by Gasteiger charge is -2.47. The highest BCUT2D eigenvalue weighted by Crippen LogP contribution is 2.45. The van der Waals surface area contributed by atoms with Crippen LogP contribution in [0.25, 0.3) is 0 Å². The molecule has 0 aromatic heterocycles. The largest absolute Gasteiger partial charge is 0.366 e. The molecule has 0 N–H and O–H groups in total. The number of nitriles is 1. The second kappa shape index (κ2) is 5.06. The van der Waals surface area contributed by atoms with Gasteiger partial charge in [-0.25, -0.2) is 0 Å². The van der Waals surface area contributed by atoms with Gasteiger partial charge in [0.25, 0.3) is 0 Å². The molecule has 1 aromatic carbocycles. The third kappa shape index (κ3) is 2.44.